The Morgan fingerprint density at radius 3 is 2.85 bits per heavy atom. The molecule has 0 spiro atoms. The molecule has 1 aromatic heterocycles. The fourth-order valence-electron chi connectivity index (χ4n) is 2.71. The van der Waals surface area contributed by atoms with E-state index in [4.69, 9.17) is 4.74 Å². The van der Waals surface area contributed by atoms with Gasteiger partial charge in [0.15, 0.2) is 0 Å². The third-order valence-corrected chi connectivity index (χ3v) is 4.54. The fourth-order valence-corrected chi connectivity index (χ4v) is 3.37. The summed E-state index contributed by atoms with van der Waals surface area (Å²) >= 11 is 1.78. The summed E-state index contributed by atoms with van der Waals surface area (Å²) in [5, 5.41) is 4.40. The molecule has 2 aromatic rings. The molecule has 106 valence electrons. The number of thiophene rings is 1. The summed E-state index contributed by atoms with van der Waals surface area (Å²) in [4.78, 5) is 2.52. The van der Waals surface area contributed by atoms with Gasteiger partial charge in [-0.3, -0.25) is 4.90 Å². The van der Waals surface area contributed by atoms with Gasteiger partial charge in [0, 0.05) is 19.6 Å². The van der Waals surface area contributed by atoms with Crippen molar-refractivity contribution < 1.29 is 4.74 Å². The lowest BCUT2D eigenvalue weighted by molar-refractivity contribution is -0.0345. The van der Waals surface area contributed by atoms with Crippen molar-refractivity contribution in [2.75, 3.05) is 19.7 Å². The Morgan fingerprint density at radius 1 is 1.15 bits per heavy atom. The monoisotopic (exact) mass is 287 g/mol. The molecule has 2 nitrogen and oxygen atoms in total. The average molecular weight is 287 g/mol. The number of nitrogens with zero attached hydrogens (tertiary/aromatic N) is 1. The summed E-state index contributed by atoms with van der Waals surface area (Å²) in [6.07, 6.45) is 2.60. The van der Waals surface area contributed by atoms with Gasteiger partial charge in [-0.15, -0.1) is 0 Å². The van der Waals surface area contributed by atoms with Gasteiger partial charge in [-0.2, -0.15) is 11.3 Å². The number of ether oxygens (including phenoxy) is 1. The van der Waals surface area contributed by atoms with Crippen LogP contribution in [0.3, 0.4) is 0 Å². The van der Waals surface area contributed by atoms with Crippen molar-refractivity contribution in [2.24, 2.45) is 0 Å². The summed E-state index contributed by atoms with van der Waals surface area (Å²) in [6.45, 7) is 4.04. The molecule has 1 atom stereocenters. The van der Waals surface area contributed by atoms with Gasteiger partial charge in [0.05, 0.1) is 12.7 Å². The largest absolute Gasteiger partial charge is 0.376 e. The number of benzene rings is 1. The molecular weight excluding hydrogens is 266 g/mol. The van der Waals surface area contributed by atoms with Crippen LogP contribution in [0.5, 0.6) is 0 Å². The van der Waals surface area contributed by atoms with Crippen LogP contribution in [0.1, 0.15) is 17.5 Å². The predicted octanol–water partition coefficient (Wildman–Crippen LogP) is 3.58. The van der Waals surface area contributed by atoms with Crippen molar-refractivity contribution in [3.05, 3.63) is 58.3 Å². The Bertz CT molecular complexity index is 497. The van der Waals surface area contributed by atoms with Gasteiger partial charge in [0.1, 0.15) is 0 Å². The van der Waals surface area contributed by atoms with Gasteiger partial charge in [-0.05, 0) is 40.8 Å². The highest BCUT2D eigenvalue weighted by atomic mass is 32.1. The summed E-state index contributed by atoms with van der Waals surface area (Å²) < 4.78 is 5.91. The lowest BCUT2D eigenvalue weighted by Gasteiger charge is -2.32. The molecule has 0 saturated carbocycles. The van der Waals surface area contributed by atoms with Crippen molar-refractivity contribution >= 4 is 11.3 Å². The molecule has 0 N–H and O–H groups in total. The van der Waals surface area contributed by atoms with Crippen molar-refractivity contribution in [3.63, 3.8) is 0 Å². The third kappa shape index (κ3) is 3.92. The van der Waals surface area contributed by atoms with E-state index < -0.39 is 0 Å². The third-order valence-electron chi connectivity index (χ3n) is 3.81. The zero-order chi connectivity index (χ0) is 13.6. The van der Waals surface area contributed by atoms with Crippen LogP contribution in [-0.4, -0.2) is 30.7 Å². The molecule has 1 saturated heterocycles. The average Bonchev–Trinajstić information content (AvgIpc) is 3.00. The zero-order valence-electron chi connectivity index (χ0n) is 11.7. The van der Waals surface area contributed by atoms with Crippen LogP contribution in [0, 0.1) is 0 Å². The van der Waals surface area contributed by atoms with Gasteiger partial charge in [-0.1, -0.05) is 30.3 Å². The second-order valence-corrected chi connectivity index (χ2v) is 6.16. The van der Waals surface area contributed by atoms with E-state index in [1.54, 1.807) is 11.3 Å². The van der Waals surface area contributed by atoms with Crippen LogP contribution in [-0.2, 0) is 17.7 Å². The SMILES string of the molecule is c1ccc(CC[C@H]2CN(Cc3ccsc3)CCO2)cc1. The van der Waals surface area contributed by atoms with Crippen molar-refractivity contribution in [1.82, 2.24) is 4.90 Å². The first-order chi connectivity index (χ1) is 9.90. The first-order valence-corrected chi connectivity index (χ1v) is 8.23. The Balaban J connectivity index is 1.48. The number of rotatable bonds is 5. The normalized spacial score (nSPS) is 20.1. The first-order valence-electron chi connectivity index (χ1n) is 7.29. The standard InChI is InChI=1S/C17H21NOS/c1-2-4-15(5-3-1)6-7-17-13-18(9-10-19-17)12-16-8-11-20-14-16/h1-5,8,11,14,17H,6-7,9-10,12-13H2/t17-/m0/s1. The van der Waals surface area contributed by atoms with Crippen LogP contribution in [0.25, 0.3) is 0 Å². The molecule has 0 bridgehead atoms. The van der Waals surface area contributed by atoms with Gasteiger partial charge in [-0.25, -0.2) is 0 Å². The second kappa shape index (κ2) is 7.02. The van der Waals surface area contributed by atoms with E-state index in [9.17, 15) is 0 Å². The molecule has 1 aliphatic heterocycles. The molecule has 0 unspecified atom stereocenters. The van der Waals surface area contributed by atoms with E-state index in [-0.39, 0.29) is 0 Å². The van der Waals surface area contributed by atoms with Crippen LogP contribution >= 0.6 is 11.3 Å². The lowest BCUT2D eigenvalue weighted by Crippen LogP contribution is -2.42. The Hall–Kier alpha value is -1.16. The minimum atomic E-state index is 0.377. The van der Waals surface area contributed by atoms with E-state index in [0.29, 0.717) is 6.10 Å². The molecule has 1 fully saturated rings. The number of hydrogen-bond acceptors (Lipinski definition) is 3. The minimum absolute atomic E-state index is 0.377. The van der Waals surface area contributed by atoms with Crippen molar-refractivity contribution in [3.8, 4) is 0 Å². The van der Waals surface area contributed by atoms with Crippen LogP contribution in [0.15, 0.2) is 47.2 Å². The van der Waals surface area contributed by atoms with Gasteiger partial charge >= 0.3 is 0 Å². The molecular formula is C17H21NOS. The highest BCUT2D eigenvalue weighted by Gasteiger charge is 2.20. The maximum Gasteiger partial charge on any atom is 0.0705 e. The van der Waals surface area contributed by atoms with Crippen molar-refractivity contribution in [2.45, 2.75) is 25.5 Å². The highest BCUT2D eigenvalue weighted by molar-refractivity contribution is 7.07. The number of morpholine rings is 1. The highest BCUT2D eigenvalue weighted by Crippen LogP contribution is 2.16. The summed E-state index contributed by atoms with van der Waals surface area (Å²) in [5.74, 6) is 0. The molecule has 1 aromatic carbocycles. The van der Waals surface area contributed by atoms with Crippen LogP contribution in [0.4, 0.5) is 0 Å². The quantitative estimate of drug-likeness (QED) is 0.833. The van der Waals surface area contributed by atoms with E-state index in [1.807, 2.05) is 0 Å². The lowest BCUT2D eigenvalue weighted by atomic mass is 10.1. The molecule has 0 radical (unpaired) electrons. The van der Waals surface area contributed by atoms with Gasteiger partial charge < -0.3 is 4.74 Å². The Kier molecular flexibility index (Phi) is 4.85. The molecule has 0 aliphatic carbocycles. The van der Waals surface area contributed by atoms with Crippen LogP contribution in [0.2, 0.25) is 0 Å². The topological polar surface area (TPSA) is 12.5 Å². The number of hydrogen-bond donors (Lipinski definition) is 0. The minimum Gasteiger partial charge on any atom is -0.376 e. The van der Waals surface area contributed by atoms with Crippen molar-refractivity contribution in [1.29, 1.82) is 0 Å². The van der Waals surface area contributed by atoms with Gasteiger partial charge in [0.25, 0.3) is 0 Å². The summed E-state index contributed by atoms with van der Waals surface area (Å²) in [5.41, 5.74) is 2.84. The fraction of sp³-hybridized carbons (Fsp3) is 0.412. The maximum absolute atomic E-state index is 5.91. The molecule has 0 amide bonds. The molecule has 2 heterocycles. The van der Waals surface area contributed by atoms with E-state index in [2.05, 4.69) is 52.1 Å². The number of aryl methyl sites for hydroxylation is 1. The molecule has 3 rings (SSSR count). The Morgan fingerprint density at radius 2 is 2.05 bits per heavy atom. The second-order valence-electron chi connectivity index (χ2n) is 5.38. The summed E-state index contributed by atoms with van der Waals surface area (Å²) in [7, 11) is 0. The van der Waals surface area contributed by atoms with E-state index >= 15 is 0 Å². The van der Waals surface area contributed by atoms with E-state index in [0.717, 1.165) is 39.1 Å². The predicted molar refractivity (Wildman–Crippen MR) is 84.1 cm³/mol. The molecule has 1 aliphatic rings. The summed E-state index contributed by atoms with van der Waals surface area (Å²) in [6, 6.07) is 12.9. The smallest absolute Gasteiger partial charge is 0.0705 e. The molecule has 3 heteroatoms. The van der Waals surface area contributed by atoms with Crippen LogP contribution < -0.4 is 0 Å². The first kappa shape index (κ1) is 13.8. The Labute approximate surface area is 125 Å². The van der Waals surface area contributed by atoms with Gasteiger partial charge in [0.2, 0.25) is 0 Å². The maximum atomic E-state index is 5.91. The molecule has 20 heavy (non-hydrogen) atoms. The zero-order valence-corrected chi connectivity index (χ0v) is 12.5. The van der Waals surface area contributed by atoms with E-state index in [1.165, 1.54) is 11.1 Å².